The maximum absolute atomic E-state index is 3.30. The molecule has 3 heteroatoms. The molecule has 1 saturated heterocycles. The third-order valence-electron chi connectivity index (χ3n) is 1.51. The van der Waals surface area contributed by atoms with E-state index in [2.05, 4.69) is 29.4 Å². The van der Waals surface area contributed by atoms with E-state index in [0.29, 0.717) is 0 Å². The van der Waals surface area contributed by atoms with Crippen LogP contribution in [0.5, 0.6) is 0 Å². The van der Waals surface area contributed by atoms with Crippen LogP contribution >= 0.6 is 0 Å². The standard InChI is InChI=1S/C7H14N2.Ne/c1-2-5-9-6-3-8-4-7-9;/h2,5,8H,3-4,6-7H2,1H3;. The van der Waals surface area contributed by atoms with E-state index in [1.165, 1.54) is 0 Å². The van der Waals surface area contributed by atoms with Crippen molar-refractivity contribution >= 4 is 0 Å². The maximum Gasteiger partial charge on any atom is 0.0298 e. The quantitative estimate of drug-likeness (QED) is 0.577. The molecule has 60 valence electrons. The molecule has 2 nitrogen and oxygen atoms in total. The van der Waals surface area contributed by atoms with Gasteiger partial charge in [0, 0.05) is 32.3 Å². The van der Waals surface area contributed by atoms with Gasteiger partial charge < -0.3 is 10.2 Å². The molecule has 0 aliphatic carbocycles. The second-order valence-corrected chi connectivity index (χ2v) is 2.27. The Bertz CT molecular complexity index is 97.8. The van der Waals surface area contributed by atoms with Crippen LogP contribution in [-0.4, -0.2) is 31.1 Å². The first-order valence-electron chi connectivity index (χ1n) is 3.51. The molecular formula is C7H14N2Ne. The van der Waals surface area contributed by atoms with E-state index in [-0.39, 0.29) is 6.15 Å². The topological polar surface area (TPSA) is 15.3 Å². The summed E-state index contributed by atoms with van der Waals surface area (Å²) in [5, 5.41) is 3.30. The van der Waals surface area contributed by atoms with Crippen molar-refractivity contribution in [1.29, 1.82) is 0 Å². The fraction of sp³-hybridized carbons (Fsp3) is 0.714. The van der Waals surface area contributed by atoms with Crippen LogP contribution in [0.1, 0.15) is 6.92 Å². The van der Waals surface area contributed by atoms with Crippen LogP contribution in [0.2, 0.25) is 0 Å². The first kappa shape index (κ1) is 9.41. The van der Waals surface area contributed by atoms with Gasteiger partial charge in [0.1, 0.15) is 0 Å². The van der Waals surface area contributed by atoms with Gasteiger partial charge in [0.15, 0.2) is 0 Å². The van der Waals surface area contributed by atoms with Crippen LogP contribution in [0.15, 0.2) is 12.3 Å². The van der Waals surface area contributed by atoms with Crippen molar-refractivity contribution in [3.05, 3.63) is 12.3 Å². The number of piperazine rings is 1. The average molecular weight is 146 g/mol. The zero-order chi connectivity index (χ0) is 6.53. The predicted octanol–water partition coefficient (Wildman–Crippen LogP) is 0.425. The Morgan fingerprint density at radius 3 is 2.40 bits per heavy atom. The zero-order valence-electron chi connectivity index (χ0n) is 6.28. The fourth-order valence-electron chi connectivity index (χ4n) is 1.04. The Labute approximate surface area is 62.7 Å². The van der Waals surface area contributed by atoms with E-state index in [1.807, 2.05) is 0 Å². The van der Waals surface area contributed by atoms with Gasteiger partial charge in [-0.1, -0.05) is 6.08 Å². The number of nitrogens with one attached hydrogen (secondary N) is 1. The van der Waals surface area contributed by atoms with Gasteiger partial charge in [-0.15, -0.1) is 0 Å². The Kier molecular flexibility index (Phi) is 4.91. The monoisotopic (exact) mass is 146 g/mol. The van der Waals surface area contributed by atoms with Crippen LogP contribution < -0.4 is 5.32 Å². The second-order valence-electron chi connectivity index (χ2n) is 2.27. The van der Waals surface area contributed by atoms with Gasteiger partial charge in [0.25, 0.3) is 0 Å². The van der Waals surface area contributed by atoms with Crippen molar-refractivity contribution in [2.45, 2.75) is 6.92 Å². The average Bonchev–Trinajstić information content (AvgIpc) is 1.91. The van der Waals surface area contributed by atoms with Crippen LogP contribution in [0.4, 0.5) is 0 Å². The third-order valence-corrected chi connectivity index (χ3v) is 1.51. The van der Waals surface area contributed by atoms with Gasteiger partial charge in [-0.05, 0) is 13.1 Å². The Morgan fingerprint density at radius 2 is 1.90 bits per heavy atom. The van der Waals surface area contributed by atoms with Crippen LogP contribution in [0.25, 0.3) is 0 Å². The van der Waals surface area contributed by atoms with Crippen molar-refractivity contribution in [1.82, 2.24) is 10.2 Å². The number of allylic oxidation sites excluding steroid dienone is 1. The number of nitrogens with zero attached hydrogens (tertiary/aromatic N) is 1. The van der Waals surface area contributed by atoms with Crippen molar-refractivity contribution in [3.8, 4) is 0 Å². The minimum absolute atomic E-state index is 0. The molecule has 1 N–H and O–H groups in total. The van der Waals surface area contributed by atoms with Crippen LogP contribution in [-0.2, 0) is 0 Å². The summed E-state index contributed by atoms with van der Waals surface area (Å²) in [5.74, 6) is 0. The van der Waals surface area contributed by atoms with E-state index in [1.54, 1.807) is 0 Å². The van der Waals surface area contributed by atoms with Gasteiger partial charge in [-0.2, -0.15) is 0 Å². The third kappa shape index (κ3) is 2.81. The molecule has 10 heavy (non-hydrogen) atoms. The largest absolute Gasteiger partial charge is 0.375 e. The van der Waals surface area contributed by atoms with Crippen molar-refractivity contribution in [2.75, 3.05) is 26.2 Å². The molecule has 1 heterocycles. The number of hydrogen-bond acceptors (Lipinski definition) is 2. The first-order valence-corrected chi connectivity index (χ1v) is 3.51. The fourth-order valence-corrected chi connectivity index (χ4v) is 1.04. The van der Waals surface area contributed by atoms with Gasteiger partial charge in [-0.3, -0.25) is 0 Å². The van der Waals surface area contributed by atoms with E-state index in [0.717, 1.165) is 26.2 Å². The van der Waals surface area contributed by atoms with Crippen LogP contribution in [0, 0.1) is 6.15 Å². The molecule has 0 aromatic carbocycles. The smallest absolute Gasteiger partial charge is 0.0298 e. The molecule has 0 saturated carbocycles. The minimum atomic E-state index is 0. The summed E-state index contributed by atoms with van der Waals surface area (Å²) in [7, 11) is 0. The normalized spacial score (nSPS) is 19.1. The molecule has 0 aromatic heterocycles. The van der Waals surface area contributed by atoms with E-state index in [4.69, 9.17) is 0 Å². The summed E-state index contributed by atoms with van der Waals surface area (Å²) in [6.45, 7) is 6.63. The van der Waals surface area contributed by atoms with E-state index >= 15 is 0 Å². The summed E-state index contributed by atoms with van der Waals surface area (Å²) in [6.07, 6.45) is 4.24. The van der Waals surface area contributed by atoms with Crippen LogP contribution in [0.3, 0.4) is 0 Å². The summed E-state index contributed by atoms with van der Waals surface area (Å²) in [4.78, 5) is 2.33. The van der Waals surface area contributed by atoms with E-state index in [9.17, 15) is 0 Å². The molecule has 0 spiro atoms. The minimum Gasteiger partial charge on any atom is -0.375 e. The maximum atomic E-state index is 3.30. The second kappa shape index (κ2) is 5.21. The molecular weight excluding hydrogens is 132 g/mol. The molecule has 0 unspecified atom stereocenters. The molecule has 1 rings (SSSR count). The Morgan fingerprint density at radius 1 is 1.30 bits per heavy atom. The molecule has 0 amide bonds. The van der Waals surface area contributed by atoms with Crippen molar-refractivity contribution in [3.63, 3.8) is 0 Å². The predicted molar refractivity (Wildman–Crippen MR) is 39.3 cm³/mol. The summed E-state index contributed by atoms with van der Waals surface area (Å²) < 4.78 is 0. The van der Waals surface area contributed by atoms with Crippen molar-refractivity contribution in [2.24, 2.45) is 0 Å². The molecule has 0 radical (unpaired) electrons. The number of hydrogen-bond donors (Lipinski definition) is 1. The van der Waals surface area contributed by atoms with Gasteiger partial charge in [0.2, 0.25) is 0 Å². The van der Waals surface area contributed by atoms with Gasteiger partial charge in [0.05, 0.1) is 0 Å². The molecule has 1 fully saturated rings. The Balaban J connectivity index is 0.000000810. The molecule has 0 aromatic rings. The van der Waals surface area contributed by atoms with Gasteiger partial charge in [-0.25, -0.2) is 0 Å². The molecule has 0 atom stereocenters. The van der Waals surface area contributed by atoms with E-state index < -0.39 is 0 Å². The molecule has 0 bridgehead atoms. The SMILES string of the molecule is CC=CN1CCNCC1.[Ne]. The van der Waals surface area contributed by atoms with Crippen molar-refractivity contribution < 1.29 is 6.15 Å². The Hall–Kier alpha value is -0.591. The molecule has 1 aliphatic heterocycles. The first-order chi connectivity index (χ1) is 4.43. The summed E-state index contributed by atoms with van der Waals surface area (Å²) in [5.41, 5.74) is 0. The van der Waals surface area contributed by atoms with Gasteiger partial charge >= 0.3 is 0 Å². The summed E-state index contributed by atoms with van der Waals surface area (Å²) >= 11 is 0. The molecule has 1 aliphatic rings. The summed E-state index contributed by atoms with van der Waals surface area (Å²) in [6, 6.07) is 0. The number of rotatable bonds is 1. The zero-order valence-corrected chi connectivity index (χ0v) is 6.28.